The molecule has 0 spiro atoms. The van der Waals surface area contributed by atoms with E-state index in [1.807, 2.05) is 6.92 Å². The minimum absolute atomic E-state index is 0.103. The van der Waals surface area contributed by atoms with E-state index in [1.54, 1.807) is 13.1 Å². The van der Waals surface area contributed by atoms with Gasteiger partial charge in [-0.25, -0.2) is 13.6 Å². The van der Waals surface area contributed by atoms with Gasteiger partial charge in [-0.1, -0.05) is 6.92 Å². The minimum atomic E-state index is -3.66. The Morgan fingerprint density at radius 3 is 2.65 bits per heavy atom. The van der Waals surface area contributed by atoms with Crippen LogP contribution in [-0.2, 0) is 16.6 Å². The number of ether oxygens (including phenoxy) is 1. The fourth-order valence-electron chi connectivity index (χ4n) is 1.41. The average Bonchev–Trinajstić information content (AvgIpc) is 2.26. The van der Waals surface area contributed by atoms with E-state index >= 15 is 0 Å². The van der Waals surface area contributed by atoms with Crippen LogP contribution in [0.1, 0.15) is 18.9 Å². The van der Waals surface area contributed by atoms with Crippen LogP contribution >= 0.6 is 0 Å². The van der Waals surface area contributed by atoms with E-state index < -0.39 is 10.0 Å². The first-order valence-corrected chi connectivity index (χ1v) is 6.96. The summed E-state index contributed by atoms with van der Waals surface area (Å²) in [6, 6.07) is 4.64. The van der Waals surface area contributed by atoms with Crippen LogP contribution in [0.25, 0.3) is 0 Å². The third kappa shape index (κ3) is 3.99. The minimum Gasteiger partial charge on any atom is -0.493 e. The zero-order valence-corrected chi connectivity index (χ0v) is 10.9. The van der Waals surface area contributed by atoms with Gasteiger partial charge in [0, 0.05) is 12.1 Å². The van der Waals surface area contributed by atoms with Crippen LogP contribution in [0.4, 0.5) is 0 Å². The molecule has 0 fully saturated rings. The first-order chi connectivity index (χ1) is 7.99. The maximum atomic E-state index is 11.2. The zero-order valence-electron chi connectivity index (χ0n) is 10.1. The first kappa shape index (κ1) is 14.0. The van der Waals surface area contributed by atoms with E-state index in [0.29, 0.717) is 18.9 Å². The summed E-state index contributed by atoms with van der Waals surface area (Å²) in [5.74, 6) is 0.689. The van der Waals surface area contributed by atoms with Crippen LogP contribution in [0.5, 0.6) is 5.75 Å². The second kappa shape index (κ2) is 6.00. The summed E-state index contributed by atoms with van der Waals surface area (Å²) in [6.45, 7) is 3.14. The largest absolute Gasteiger partial charge is 0.493 e. The van der Waals surface area contributed by atoms with Gasteiger partial charge in [0.1, 0.15) is 5.75 Å². The van der Waals surface area contributed by atoms with Crippen molar-refractivity contribution >= 4 is 10.0 Å². The van der Waals surface area contributed by atoms with E-state index in [4.69, 9.17) is 9.88 Å². The van der Waals surface area contributed by atoms with Gasteiger partial charge in [0.15, 0.2) is 0 Å². The summed E-state index contributed by atoms with van der Waals surface area (Å²) in [6.07, 6.45) is 0.899. The van der Waals surface area contributed by atoms with Crippen molar-refractivity contribution in [3.05, 3.63) is 23.8 Å². The van der Waals surface area contributed by atoms with Crippen LogP contribution in [0.3, 0.4) is 0 Å². The van der Waals surface area contributed by atoms with Crippen molar-refractivity contribution in [1.82, 2.24) is 5.32 Å². The summed E-state index contributed by atoms with van der Waals surface area (Å²) in [4.78, 5) is 0.103. The van der Waals surface area contributed by atoms with Gasteiger partial charge in [0.25, 0.3) is 0 Å². The van der Waals surface area contributed by atoms with Gasteiger partial charge in [-0.2, -0.15) is 0 Å². The predicted octanol–water partition coefficient (Wildman–Crippen LogP) is 0.842. The third-order valence-electron chi connectivity index (χ3n) is 2.19. The molecule has 1 rings (SSSR count). The average molecular weight is 258 g/mol. The molecule has 1 aromatic rings. The Hall–Kier alpha value is -1.11. The van der Waals surface area contributed by atoms with Crippen molar-refractivity contribution in [2.45, 2.75) is 24.8 Å². The van der Waals surface area contributed by atoms with Gasteiger partial charge in [0.05, 0.1) is 11.5 Å². The molecule has 6 heteroatoms. The van der Waals surface area contributed by atoms with Crippen LogP contribution in [0.2, 0.25) is 0 Å². The summed E-state index contributed by atoms with van der Waals surface area (Å²) in [5, 5.41) is 8.05. The molecule has 1 aromatic carbocycles. The molecule has 96 valence electrons. The molecule has 0 aliphatic carbocycles. The molecule has 0 unspecified atom stereocenters. The highest BCUT2D eigenvalue weighted by atomic mass is 32.2. The van der Waals surface area contributed by atoms with Crippen LogP contribution < -0.4 is 15.2 Å². The highest BCUT2D eigenvalue weighted by molar-refractivity contribution is 7.89. The summed E-state index contributed by atoms with van der Waals surface area (Å²) in [5.41, 5.74) is 0.785. The monoisotopic (exact) mass is 258 g/mol. The number of hydrogen-bond donors (Lipinski definition) is 2. The molecule has 0 radical (unpaired) electrons. The van der Waals surface area contributed by atoms with Crippen molar-refractivity contribution < 1.29 is 13.2 Å². The van der Waals surface area contributed by atoms with Crippen molar-refractivity contribution in [1.29, 1.82) is 0 Å². The van der Waals surface area contributed by atoms with Gasteiger partial charge in [-0.05, 0) is 31.7 Å². The molecule has 5 nitrogen and oxygen atoms in total. The van der Waals surface area contributed by atoms with E-state index in [2.05, 4.69) is 5.32 Å². The fraction of sp³-hybridized carbons (Fsp3) is 0.455. The molecule has 0 saturated heterocycles. The number of nitrogens with two attached hydrogens (primary N) is 1. The van der Waals surface area contributed by atoms with Gasteiger partial charge >= 0.3 is 0 Å². The smallest absolute Gasteiger partial charge is 0.238 e. The van der Waals surface area contributed by atoms with Crippen LogP contribution in [0.15, 0.2) is 23.1 Å². The second-order valence-electron chi connectivity index (χ2n) is 3.69. The Bertz CT molecular complexity index is 472. The quantitative estimate of drug-likeness (QED) is 0.792. The normalized spacial score (nSPS) is 11.5. The van der Waals surface area contributed by atoms with Gasteiger partial charge in [-0.3, -0.25) is 0 Å². The molecular weight excluding hydrogens is 240 g/mol. The van der Waals surface area contributed by atoms with E-state index in [1.165, 1.54) is 12.1 Å². The molecule has 0 aliphatic heterocycles. The molecule has 3 N–H and O–H groups in total. The number of sulfonamides is 1. The Labute approximate surface area is 102 Å². The van der Waals surface area contributed by atoms with Crippen molar-refractivity contribution in [2.75, 3.05) is 13.7 Å². The number of rotatable bonds is 6. The number of benzene rings is 1. The van der Waals surface area contributed by atoms with Crippen molar-refractivity contribution in [3.63, 3.8) is 0 Å². The Morgan fingerprint density at radius 1 is 1.41 bits per heavy atom. The SMILES string of the molecule is CCCOc1ccc(S(N)(=O)=O)cc1CNC. The number of nitrogens with one attached hydrogen (secondary N) is 1. The highest BCUT2D eigenvalue weighted by Crippen LogP contribution is 2.22. The molecule has 0 saturated carbocycles. The van der Waals surface area contributed by atoms with Crippen LogP contribution in [0, 0.1) is 0 Å². The fourth-order valence-corrected chi connectivity index (χ4v) is 1.98. The van der Waals surface area contributed by atoms with Gasteiger partial charge in [-0.15, -0.1) is 0 Å². The molecule has 0 aromatic heterocycles. The molecule has 17 heavy (non-hydrogen) atoms. The lowest BCUT2D eigenvalue weighted by atomic mass is 10.2. The predicted molar refractivity (Wildman–Crippen MR) is 66.4 cm³/mol. The topological polar surface area (TPSA) is 81.4 Å². The second-order valence-corrected chi connectivity index (χ2v) is 5.25. The highest BCUT2D eigenvalue weighted by Gasteiger charge is 2.11. The van der Waals surface area contributed by atoms with Gasteiger partial charge in [0.2, 0.25) is 10.0 Å². The summed E-state index contributed by atoms with van der Waals surface area (Å²) in [7, 11) is -1.88. The lowest BCUT2D eigenvalue weighted by Crippen LogP contribution is -2.14. The molecular formula is C11H18N2O3S. The van der Waals surface area contributed by atoms with Crippen molar-refractivity contribution in [2.24, 2.45) is 5.14 Å². The summed E-state index contributed by atoms with van der Waals surface area (Å²) < 4.78 is 28.0. The first-order valence-electron chi connectivity index (χ1n) is 5.42. The number of hydrogen-bond acceptors (Lipinski definition) is 4. The molecule has 0 bridgehead atoms. The Morgan fingerprint density at radius 2 is 2.12 bits per heavy atom. The van der Waals surface area contributed by atoms with Gasteiger partial charge < -0.3 is 10.1 Å². The molecule has 0 atom stereocenters. The van der Waals surface area contributed by atoms with Crippen LogP contribution in [-0.4, -0.2) is 22.1 Å². The molecule has 0 aliphatic rings. The van der Waals surface area contributed by atoms with E-state index in [-0.39, 0.29) is 4.90 Å². The zero-order chi connectivity index (χ0) is 12.9. The number of primary sulfonamides is 1. The molecule has 0 heterocycles. The lowest BCUT2D eigenvalue weighted by Gasteiger charge is -2.11. The Kier molecular flexibility index (Phi) is 4.92. The van der Waals surface area contributed by atoms with E-state index in [9.17, 15) is 8.42 Å². The molecule has 0 amide bonds. The Balaban J connectivity index is 3.08. The maximum absolute atomic E-state index is 11.2. The third-order valence-corrected chi connectivity index (χ3v) is 3.10. The lowest BCUT2D eigenvalue weighted by molar-refractivity contribution is 0.313. The van der Waals surface area contributed by atoms with E-state index in [0.717, 1.165) is 12.0 Å². The van der Waals surface area contributed by atoms with Crippen molar-refractivity contribution in [3.8, 4) is 5.75 Å². The summed E-state index contributed by atoms with van der Waals surface area (Å²) >= 11 is 0. The maximum Gasteiger partial charge on any atom is 0.238 e. The standard InChI is InChI=1S/C11H18N2O3S/c1-3-6-16-11-5-4-10(17(12,14)15)7-9(11)8-13-2/h4-5,7,13H,3,6,8H2,1-2H3,(H2,12,14,15).